The number of amides is 1. The molecule has 6 nitrogen and oxygen atoms in total. The molecule has 0 aliphatic carbocycles. The molecule has 0 unspecified atom stereocenters. The average molecular weight is 414 g/mol. The molecule has 1 heterocycles. The van der Waals surface area contributed by atoms with Gasteiger partial charge in [-0.1, -0.05) is 12.1 Å². The van der Waals surface area contributed by atoms with E-state index in [-0.39, 0.29) is 24.4 Å². The van der Waals surface area contributed by atoms with E-state index in [4.69, 9.17) is 4.74 Å². The van der Waals surface area contributed by atoms with Crippen molar-refractivity contribution in [3.63, 3.8) is 0 Å². The fraction of sp³-hybridized carbons (Fsp3) is 0.278. The van der Waals surface area contributed by atoms with Crippen molar-refractivity contribution in [2.45, 2.75) is 18.7 Å². The van der Waals surface area contributed by atoms with Crippen LogP contribution in [0.4, 0.5) is 24.5 Å². The van der Waals surface area contributed by atoms with Gasteiger partial charge in [0, 0.05) is 18.7 Å². The first kappa shape index (κ1) is 20.0. The maximum Gasteiger partial charge on any atom is 0.416 e. The van der Waals surface area contributed by atoms with Gasteiger partial charge in [0.15, 0.2) is 6.10 Å². The molecule has 0 saturated carbocycles. The van der Waals surface area contributed by atoms with Crippen LogP contribution < -0.4 is 14.4 Å². The number of fused-ring (bicyclic) bond motifs is 1. The number of nitrogens with one attached hydrogen (secondary N) is 1. The molecule has 0 saturated heterocycles. The van der Waals surface area contributed by atoms with E-state index in [1.54, 1.807) is 24.3 Å². The van der Waals surface area contributed by atoms with E-state index in [0.29, 0.717) is 5.69 Å². The van der Waals surface area contributed by atoms with E-state index in [1.165, 1.54) is 0 Å². The van der Waals surface area contributed by atoms with Crippen LogP contribution in [-0.4, -0.2) is 33.2 Å². The van der Waals surface area contributed by atoms with E-state index in [2.05, 4.69) is 5.32 Å². The standard InChI is InChI=1S/C18H17F3N2O4S/c1-28(25,26)23-11-10-16(27-15-5-3-2-4-14(15)23)17(24)22-13-8-6-12(7-9-13)18(19,20)21/h2-9,16H,10-11H2,1H3,(H,22,24)/t16-/m1/s1. The van der Waals surface area contributed by atoms with Crippen LogP contribution in [0.5, 0.6) is 5.75 Å². The van der Waals surface area contributed by atoms with Gasteiger partial charge in [0.05, 0.1) is 17.5 Å². The Morgan fingerprint density at radius 1 is 1.14 bits per heavy atom. The number of hydrogen-bond donors (Lipinski definition) is 1. The summed E-state index contributed by atoms with van der Waals surface area (Å²) < 4.78 is 68.9. The normalized spacial score (nSPS) is 17.3. The smallest absolute Gasteiger partial charge is 0.416 e. The van der Waals surface area contributed by atoms with Crippen molar-refractivity contribution in [1.29, 1.82) is 0 Å². The summed E-state index contributed by atoms with van der Waals surface area (Å²) in [7, 11) is -3.57. The molecular formula is C18H17F3N2O4S. The Labute approximate surface area is 160 Å². The number of carbonyl (C=O) groups is 1. The molecule has 150 valence electrons. The van der Waals surface area contributed by atoms with Crippen molar-refractivity contribution in [1.82, 2.24) is 0 Å². The fourth-order valence-electron chi connectivity index (χ4n) is 2.82. The summed E-state index contributed by atoms with van der Waals surface area (Å²) in [5, 5.41) is 2.50. The SMILES string of the molecule is CS(=O)(=O)N1CC[C@H](C(=O)Nc2ccc(C(F)(F)F)cc2)Oc2ccccc21. The van der Waals surface area contributed by atoms with Gasteiger partial charge in [0.1, 0.15) is 5.75 Å². The van der Waals surface area contributed by atoms with E-state index in [9.17, 15) is 26.4 Å². The number of alkyl halides is 3. The second kappa shape index (κ2) is 7.34. The molecule has 1 atom stereocenters. The minimum atomic E-state index is -4.47. The Hall–Kier alpha value is -2.75. The van der Waals surface area contributed by atoms with Crippen molar-refractivity contribution in [3.8, 4) is 5.75 Å². The first-order valence-electron chi connectivity index (χ1n) is 8.27. The van der Waals surface area contributed by atoms with Crippen molar-refractivity contribution in [2.24, 2.45) is 0 Å². The molecule has 0 radical (unpaired) electrons. The summed E-state index contributed by atoms with van der Waals surface area (Å²) in [6.07, 6.45) is -4.33. The number of benzene rings is 2. The van der Waals surface area contributed by atoms with E-state index in [0.717, 1.165) is 34.8 Å². The van der Waals surface area contributed by atoms with E-state index < -0.39 is 33.8 Å². The van der Waals surface area contributed by atoms with Crippen LogP contribution in [0.15, 0.2) is 48.5 Å². The summed E-state index contributed by atoms with van der Waals surface area (Å²) in [5.41, 5.74) is -0.317. The van der Waals surface area contributed by atoms with Crippen LogP contribution in [0.1, 0.15) is 12.0 Å². The molecule has 28 heavy (non-hydrogen) atoms. The third kappa shape index (κ3) is 4.38. The van der Waals surface area contributed by atoms with Crippen LogP contribution in [0.2, 0.25) is 0 Å². The van der Waals surface area contributed by atoms with Gasteiger partial charge in [0.25, 0.3) is 5.91 Å². The Bertz CT molecular complexity index is 975. The molecule has 2 aromatic rings. The van der Waals surface area contributed by atoms with Crippen LogP contribution in [0.3, 0.4) is 0 Å². The molecule has 2 aromatic carbocycles. The molecule has 1 amide bonds. The zero-order valence-electron chi connectivity index (χ0n) is 14.7. The lowest BCUT2D eigenvalue weighted by molar-refractivity contribution is -0.137. The van der Waals surface area contributed by atoms with Gasteiger partial charge in [-0.25, -0.2) is 8.42 Å². The molecule has 10 heteroatoms. The third-order valence-electron chi connectivity index (χ3n) is 4.17. The zero-order chi connectivity index (χ0) is 20.5. The molecule has 0 bridgehead atoms. The van der Waals surface area contributed by atoms with Crippen molar-refractivity contribution in [3.05, 3.63) is 54.1 Å². The number of para-hydroxylation sites is 2. The van der Waals surface area contributed by atoms with Gasteiger partial charge in [-0.2, -0.15) is 13.2 Å². The molecule has 1 aliphatic rings. The highest BCUT2D eigenvalue weighted by molar-refractivity contribution is 7.92. The van der Waals surface area contributed by atoms with E-state index >= 15 is 0 Å². The van der Waals surface area contributed by atoms with Crippen molar-refractivity contribution in [2.75, 3.05) is 22.4 Å². The number of nitrogens with zero attached hydrogens (tertiary/aromatic N) is 1. The highest BCUT2D eigenvalue weighted by atomic mass is 32.2. The summed E-state index contributed by atoms with van der Waals surface area (Å²) in [6, 6.07) is 10.5. The number of rotatable bonds is 3. The quantitative estimate of drug-likeness (QED) is 0.837. The van der Waals surface area contributed by atoms with Crippen molar-refractivity contribution >= 4 is 27.3 Å². The number of anilines is 2. The summed E-state index contributed by atoms with van der Waals surface area (Å²) >= 11 is 0. The van der Waals surface area contributed by atoms with Gasteiger partial charge in [-0.05, 0) is 36.4 Å². The molecule has 3 rings (SSSR count). The monoisotopic (exact) mass is 414 g/mol. The summed E-state index contributed by atoms with van der Waals surface area (Å²) in [5.74, 6) is -0.345. The van der Waals surface area contributed by atoms with Gasteiger partial charge in [-0.3, -0.25) is 9.10 Å². The minimum absolute atomic E-state index is 0.0287. The Balaban J connectivity index is 1.78. The van der Waals surface area contributed by atoms with Gasteiger partial charge in [0.2, 0.25) is 10.0 Å². The predicted molar refractivity (Wildman–Crippen MR) is 97.7 cm³/mol. The first-order chi connectivity index (χ1) is 13.1. The largest absolute Gasteiger partial charge is 0.478 e. The van der Waals surface area contributed by atoms with Gasteiger partial charge in [-0.15, -0.1) is 0 Å². The summed E-state index contributed by atoms with van der Waals surface area (Å²) in [6.45, 7) is 0.0287. The number of sulfonamides is 1. The molecule has 0 fully saturated rings. The van der Waals surface area contributed by atoms with Crippen LogP contribution in [-0.2, 0) is 21.0 Å². The van der Waals surface area contributed by atoms with Gasteiger partial charge >= 0.3 is 6.18 Å². The lowest BCUT2D eigenvalue weighted by Gasteiger charge is -2.20. The maximum absolute atomic E-state index is 12.6. The number of ether oxygens (including phenoxy) is 1. The number of carbonyl (C=O) groups excluding carboxylic acids is 1. The van der Waals surface area contributed by atoms with Crippen LogP contribution in [0, 0.1) is 0 Å². The third-order valence-corrected chi connectivity index (χ3v) is 5.35. The molecular weight excluding hydrogens is 397 g/mol. The topological polar surface area (TPSA) is 75.7 Å². The molecule has 0 spiro atoms. The number of hydrogen-bond acceptors (Lipinski definition) is 4. The Kier molecular flexibility index (Phi) is 5.24. The zero-order valence-corrected chi connectivity index (χ0v) is 15.5. The lowest BCUT2D eigenvalue weighted by Crippen LogP contribution is -2.35. The minimum Gasteiger partial charge on any atom is -0.478 e. The summed E-state index contributed by atoms with van der Waals surface area (Å²) in [4.78, 5) is 12.5. The molecule has 1 N–H and O–H groups in total. The molecule has 0 aromatic heterocycles. The highest BCUT2D eigenvalue weighted by Gasteiger charge is 2.32. The van der Waals surface area contributed by atoms with Gasteiger partial charge < -0.3 is 10.1 Å². The fourth-order valence-corrected chi connectivity index (χ4v) is 3.77. The van der Waals surface area contributed by atoms with Crippen molar-refractivity contribution < 1.29 is 31.1 Å². The second-order valence-electron chi connectivity index (χ2n) is 6.26. The highest BCUT2D eigenvalue weighted by Crippen LogP contribution is 2.34. The Morgan fingerprint density at radius 2 is 1.79 bits per heavy atom. The maximum atomic E-state index is 12.6. The molecule has 1 aliphatic heterocycles. The van der Waals surface area contributed by atoms with E-state index in [1.807, 2.05) is 0 Å². The number of halogens is 3. The predicted octanol–water partition coefficient (Wildman–Crippen LogP) is 3.26. The van der Waals surface area contributed by atoms with Crippen LogP contribution in [0.25, 0.3) is 0 Å². The van der Waals surface area contributed by atoms with Crippen LogP contribution >= 0.6 is 0 Å². The average Bonchev–Trinajstić information content (AvgIpc) is 2.81. The Morgan fingerprint density at radius 3 is 2.39 bits per heavy atom. The lowest BCUT2D eigenvalue weighted by atomic mass is 10.2. The second-order valence-corrected chi connectivity index (χ2v) is 8.17. The first-order valence-corrected chi connectivity index (χ1v) is 10.1.